The fourth-order valence-corrected chi connectivity index (χ4v) is 3.10. The average molecular weight is 410 g/mol. The Labute approximate surface area is 174 Å². The molecule has 0 saturated carbocycles. The minimum Gasteiger partial charge on any atom is -0.490 e. The van der Waals surface area contributed by atoms with Gasteiger partial charge in [0.15, 0.2) is 0 Å². The van der Waals surface area contributed by atoms with Crippen LogP contribution in [-0.4, -0.2) is 13.2 Å². The molecule has 0 aliphatic heterocycles. The van der Waals surface area contributed by atoms with Gasteiger partial charge in [0.25, 0.3) is 0 Å². The first-order chi connectivity index (χ1) is 13.7. The van der Waals surface area contributed by atoms with Crippen LogP contribution in [0, 0.1) is 11.3 Å². The molecule has 3 aromatic carbocycles. The van der Waals surface area contributed by atoms with Crippen molar-refractivity contribution in [2.75, 3.05) is 13.2 Å². The lowest BCUT2D eigenvalue weighted by molar-refractivity contribution is 0.217. The van der Waals surface area contributed by atoms with Gasteiger partial charge < -0.3 is 9.47 Å². The number of allylic oxidation sites excluding steroid dienone is 1. The second kappa shape index (κ2) is 9.85. The van der Waals surface area contributed by atoms with Gasteiger partial charge in [-0.15, -0.1) is 0 Å². The van der Waals surface area contributed by atoms with Crippen molar-refractivity contribution in [3.8, 4) is 17.6 Å². The monoisotopic (exact) mass is 409 g/mol. The summed E-state index contributed by atoms with van der Waals surface area (Å²) in [6.45, 7) is 0.791. The lowest BCUT2D eigenvalue weighted by atomic mass is 10.0. The molecule has 3 rings (SSSR count). The summed E-state index contributed by atoms with van der Waals surface area (Å²) in [5.74, 6) is 1.46. The summed E-state index contributed by atoms with van der Waals surface area (Å²) < 4.78 is 11.5. The second-order valence-electron chi connectivity index (χ2n) is 5.84. The molecular weight excluding hydrogens is 393 g/mol. The van der Waals surface area contributed by atoms with Gasteiger partial charge in [-0.05, 0) is 36.4 Å². The Morgan fingerprint density at radius 2 is 1.61 bits per heavy atom. The predicted octanol–water partition coefficient (Wildman–Crippen LogP) is 6.52. The van der Waals surface area contributed by atoms with Crippen LogP contribution in [-0.2, 0) is 0 Å². The predicted molar refractivity (Wildman–Crippen MR) is 114 cm³/mol. The highest BCUT2D eigenvalue weighted by molar-refractivity contribution is 6.36. The average Bonchev–Trinajstić information content (AvgIpc) is 2.71. The zero-order valence-corrected chi connectivity index (χ0v) is 16.5. The maximum absolute atomic E-state index is 9.59. The van der Waals surface area contributed by atoms with Crippen LogP contribution >= 0.6 is 23.2 Å². The van der Waals surface area contributed by atoms with Gasteiger partial charge in [0.1, 0.15) is 24.7 Å². The van der Waals surface area contributed by atoms with E-state index < -0.39 is 0 Å². The minimum absolute atomic E-state index is 0.378. The number of ether oxygens (including phenoxy) is 2. The van der Waals surface area contributed by atoms with Gasteiger partial charge in [-0.25, -0.2) is 0 Å². The first kappa shape index (κ1) is 19.8. The first-order valence-electron chi connectivity index (χ1n) is 8.64. The Bertz CT molecular complexity index is 1010. The third kappa shape index (κ3) is 5.29. The van der Waals surface area contributed by atoms with Crippen molar-refractivity contribution in [1.29, 1.82) is 5.26 Å². The highest BCUT2D eigenvalue weighted by Gasteiger charge is 2.09. The second-order valence-corrected chi connectivity index (χ2v) is 6.69. The number of halogens is 2. The molecule has 0 saturated heterocycles. The molecule has 140 valence electrons. The minimum atomic E-state index is 0.378. The van der Waals surface area contributed by atoms with E-state index in [0.29, 0.717) is 40.1 Å². The molecule has 0 heterocycles. The van der Waals surface area contributed by atoms with Gasteiger partial charge in [0, 0.05) is 16.1 Å². The van der Waals surface area contributed by atoms with E-state index in [4.69, 9.17) is 32.7 Å². The van der Waals surface area contributed by atoms with Crippen LogP contribution < -0.4 is 9.47 Å². The van der Waals surface area contributed by atoms with Crippen LogP contribution in [0.5, 0.6) is 11.5 Å². The van der Waals surface area contributed by atoms with Gasteiger partial charge in [-0.1, -0.05) is 65.7 Å². The SMILES string of the molecule is N#C/C(=C/c1ccccc1OCCOc1ccccc1)c1ccc(Cl)cc1Cl. The number of hydrogen-bond donors (Lipinski definition) is 0. The van der Waals surface area contributed by atoms with Crippen molar-refractivity contribution in [3.05, 3.63) is 94.0 Å². The Balaban J connectivity index is 1.73. The lowest BCUT2D eigenvalue weighted by Gasteiger charge is -2.11. The standard InChI is InChI=1S/C23H17Cl2NO2/c24-19-10-11-21(22(25)15-19)18(16-26)14-17-6-4-5-9-23(17)28-13-12-27-20-7-2-1-3-8-20/h1-11,14-15H,12-13H2/b18-14-. The van der Waals surface area contributed by atoms with E-state index in [1.165, 1.54) is 0 Å². The molecule has 0 aliphatic rings. The van der Waals surface area contributed by atoms with Crippen molar-refractivity contribution in [3.63, 3.8) is 0 Å². The lowest BCUT2D eigenvalue weighted by Crippen LogP contribution is -2.09. The first-order valence-corrected chi connectivity index (χ1v) is 9.40. The molecule has 0 aliphatic carbocycles. The van der Waals surface area contributed by atoms with Crippen molar-refractivity contribution < 1.29 is 9.47 Å². The van der Waals surface area contributed by atoms with Gasteiger partial charge in [-0.3, -0.25) is 0 Å². The summed E-state index contributed by atoms with van der Waals surface area (Å²) in [5, 5.41) is 10.5. The molecule has 0 bridgehead atoms. The number of benzene rings is 3. The Kier molecular flexibility index (Phi) is 6.97. The molecule has 0 fully saturated rings. The van der Waals surface area contributed by atoms with Crippen molar-refractivity contribution in [2.45, 2.75) is 0 Å². The van der Waals surface area contributed by atoms with E-state index in [1.807, 2.05) is 54.6 Å². The molecular formula is C23H17Cl2NO2. The summed E-state index contributed by atoms with van der Waals surface area (Å²) in [7, 11) is 0. The number of rotatable bonds is 7. The largest absolute Gasteiger partial charge is 0.490 e. The highest BCUT2D eigenvalue weighted by Crippen LogP contribution is 2.30. The maximum atomic E-state index is 9.59. The molecule has 0 atom stereocenters. The number of hydrogen-bond acceptors (Lipinski definition) is 3. The van der Waals surface area contributed by atoms with Gasteiger partial charge in [-0.2, -0.15) is 5.26 Å². The summed E-state index contributed by atoms with van der Waals surface area (Å²) in [5.41, 5.74) is 1.83. The normalized spacial score (nSPS) is 11.0. The van der Waals surface area contributed by atoms with E-state index in [1.54, 1.807) is 24.3 Å². The zero-order chi connectivity index (χ0) is 19.8. The van der Waals surface area contributed by atoms with Crippen LogP contribution in [0.1, 0.15) is 11.1 Å². The molecule has 0 radical (unpaired) electrons. The molecule has 3 aromatic rings. The van der Waals surface area contributed by atoms with E-state index in [0.717, 1.165) is 11.3 Å². The Hall–Kier alpha value is -2.93. The quantitative estimate of drug-likeness (QED) is 0.253. The summed E-state index contributed by atoms with van der Waals surface area (Å²) in [4.78, 5) is 0. The van der Waals surface area contributed by atoms with E-state index in [-0.39, 0.29) is 0 Å². The number of nitriles is 1. The Morgan fingerprint density at radius 1 is 0.893 bits per heavy atom. The maximum Gasteiger partial charge on any atom is 0.126 e. The van der Waals surface area contributed by atoms with Crippen LogP contribution in [0.25, 0.3) is 11.6 Å². The topological polar surface area (TPSA) is 42.2 Å². The van der Waals surface area contributed by atoms with Gasteiger partial charge in [0.2, 0.25) is 0 Å². The molecule has 0 amide bonds. The highest BCUT2D eigenvalue weighted by atomic mass is 35.5. The summed E-state index contributed by atoms with van der Waals surface area (Å²) in [6, 6.07) is 24.3. The van der Waals surface area contributed by atoms with Crippen molar-refractivity contribution in [2.24, 2.45) is 0 Å². The third-order valence-corrected chi connectivity index (χ3v) is 4.46. The van der Waals surface area contributed by atoms with Crippen LogP contribution in [0.15, 0.2) is 72.8 Å². The number of para-hydroxylation sites is 2. The zero-order valence-electron chi connectivity index (χ0n) is 14.9. The molecule has 0 aromatic heterocycles. The Morgan fingerprint density at radius 3 is 2.36 bits per heavy atom. The van der Waals surface area contributed by atoms with Crippen LogP contribution in [0.2, 0.25) is 10.0 Å². The molecule has 3 nitrogen and oxygen atoms in total. The third-order valence-electron chi connectivity index (χ3n) is 3.91. The fourth-order valence-electron chi connectivity index (χ4n) is 2.59. The van der Waals surface area contributed by atoms with E-state index in [9.17, 15) is 5.26 Å². The molecule has 5 heteroatoms. The molecule has 0 spiro atoms. The van der Waals surface area contributed by atoms with Gasteiger partial charge in [0.05, 0.1) is 16.7 Å². The van der Waals surface area contributed by atoms with E-state index in [2.05, 4.69) is 6.07 Å². The van der Waals surface area contributed by atoms with Crippen molar-refractivity contribution in [1.82, 2.24) is 0 Å². The summed E-state index contributed by atoms with van der Waals surface area (Å²) in [6.07, 6.45) is 1.75. The van der Waals surface area contributed by atoms with E-state index >= 15 is 0 Å². The van der Waals surface area contributed by atoms with Crippen LogP contribution in [0.3, 0.4) is 0 Å². The fraction of sp³-hybridized carbons (Fsp3) is 0.0870. The molecule has 0 N–H and O–H groups in total. The van der Waals surface area contributed by atoms with Crippen molar-refractivity contribution >= 4 is 34.9 Å². The van der Waals surface area contributed by atoms with Gasteiger partial charge >= 0.3 is 0 Å². The smallest absolute Gasteiger partial charge is 0.126 e. The van der Waals surface area contributed by atoms with Crippen LogP contribution in [0.4, 0.5) is 0 Å². The molecule has 0 unspecified atom stereocenters. The molecule has 28 heavy (non-hydrogen) atoms. The summed E-state index contributed by atoms with van der Waals surface area (Å²) >= 11 is 12.2. The number of nitrogens with zero attached hydrogens (tertiary/aromatic N) is 1.